The van der Waals surface area contributed by atoms with Crippen molar-refractivity contribution in [3.63, 3.8) is 0 Å². The highest BCUT2D eigenvalue weighted by molar-refractivity contribution is 7.30. The number of methoxy groups -OCH3 is 1. The lowest BCUT2D eigenvalue weighted by molar-refractivity contribution is 0.427. The first-order valence-corrected chi connectivity index (χ1v) is 7.82. The molecule has 0 N–H and O–H groups in total. The zero-order valence-electron chi connectivity index (χ0n) is 10.8. The molecule has 0 radical (unpaired) electrons. The molecular formula is C14H14N2OS2. The summed E-state index contributed by atoms with van der Waals surface area (Å²) in [6.07, 6.45) is 6.02. The normalized spacial score (nSPS) is 11.1. The summed E-state index contributed by atoms with van der Waals surface area (Å²) in [5.74, 6) is 0.812. The Hall–Kier alpha value is -1.46. The van der Waals surface area contributed by atoms with Crippen molar-refractivity contribution in [2.75, 3.05) is 7.11 Å². The van der Waals surface area contributed by atoms with Crippen LogP contribution in [0.25, 0.3) is 20.1 Å². The van der Waals surface area contributed by atoms with E-state index in [1.165, 1.54) is 15.0 Å². The molecule has 3 aromatic rings. The molecular weight excluding hydrogens is 276 g/mol. The molecule has 0 saturated heterocycles. The minimum atomic E-state index is 0.812. The van der Waals surface area contributed by atoms with Crippen LogP contribution in [-0.2, 0) is 6.42 Å². The van der Waals surface area contributed by atoms with Crippen molar-refractivity contribution >= 4 is 32.1 Å². The Bertz CT molecular complexity index is 654. The van der Waals surface area contributed by atoms with Crippen LogP contribution in [0.5, 0.6) is 5.06 Å². The van der Waals surface area contributed by atoms with Crippen LogP contribution in [0.1, 0.15) is 18.9 Å². The molecule has 98 valence electrons. The van der Waals surface area contributed by atoms with Gasteiger partial charge in [0.25, 0.3) is 0 Å². The van der Waals surface area contributed by atoms with Crippen LogP contribution in [0.15, 0.2) is 24.5 Å². The first kappa shape index (κ1) is 12.6. The number of aryl methyl sites for hydroxylation is 1. The van der Waals surface area contributed by atoms with E-state index in [0.717, 1.165) is 28.6 Å². The lowest BCUT2D eigenvalue weighted by atomic mass is 10.2. The van der Waals surface area contributed by atoms with Gasteiger partial charge in [-0.25, -0.2) is 9.97 Å². The largest absolute Gasteiger partial charge is 0.487 e. The number of hydrogen-bond donors (Lipinski definition) is 0. The summed E-state index contributed by atoms with van der Waals surface area (Å²) in [5, 5.41) is 0.951. The van der Waals surface area contributed by atoms with Gasteiger partial charge in [0, 0.05) is 27.9 Å². The van der Waals surface area contributed by atoms with Gasteiger partial charge in [-0.3, -0.25) is 0 Å². The van der Waals surface area contributed by atoms with Crippen molar-refractivity contribution in [1.29, 1.82) is 0 Å². The van der Waals surface area contributed by atoms with Crippen LogP contribution < -0.4 is 4.74 Å². The quantitative estimate of drug-likeness (QED) is 0.715. The Morgan fingerprint density at radius 2 is 1.84 bits per heavy atom. The van der Waals surface area contributed by atoms with Crippen molar-refractivity contribution in [1.82, 2.24) is 9.97 Å². The van der Waals surface area contributed by atoms with Gasteiger partial charge in [-0.1, -0.05) is 24.7 Å². The van der Waals surface area contributed by atoms with Gasteiger partial charge in [-0.15, -0.1) is 11.3 Å². The number of aromatic nitrogens is 2. The molecule has 0 atom stereocenters. The third kappa shape index (κ3) is 2.48. The molecule has 0 aromatic carbocycles. The van der Waals surface area contributed by atoms with Gasteiger partial charge in [0.05, 0.1) is 12.0 Å². The highest BCUT2D eigenvalue weighted by Gasteiger charge is 2.10. The lowest BCUT2D eigenvalue weighted by Gasteiger charge is -1.99. The van der Waals surface area contributed by atoms with Gasteiger partial charge in [-0.2, -0.15) is 0 Å². The molecule has 3 aromatic heterocycles. The van der Waals surface area contributed by atoms with E-state index in [1.807, 2.05) is 12.4 Å². The van der Waals surface area contributed by atoms with Crippen molar-refractivity contribution in [2.24, 2.45) is 0 Å². The number of thiophene rings is 2. The minimum Gasteiger partial charge on any atom is -0.487 e. The van der Waals surface area contributed by atoms with E-state index < -0.39 is 0 Å². The SMILES string of the molecule is CCCc1cnc(-c2cc3sc(OC)cc3s2)nc1. The summed E-state index contributed by atoms with van der Waals surface area (Å²) in [7, 11) is 1.70. The van der Waals surface area contributed by atoms with E-state index in [1.54, 1.807) is 29.8 Å². The van der Waals surface area contributed by atoms with Crippen LogP contribution in [0.3, 0.4) is 0 Å². The molecule has 3 nitrogen and oxygen atoms in total. The molecule has 0 aliphatic heterocycles. The smallest absolute Gasteiger partial charge is 0.175 e. The van der Waals surface area contributed by atoms with Gasteiger partial charge < -0.3 is 4.74 Å². The van der Waals surface area contributed by atoms with Gasteiger partial charge in [0.1, 0.15) is 0 Å². The number of fused-ring (bicyclic) bond motifs is 1. The standard InChI is InChI=1S/C14H14N2OS2/c1-3-4-9-7-15-14(16-8-9)12-5-10-11(18-12)6-13(17-2)19-10/h5-8H,3-4H2,1-2H3. The summed E-state index contributed by atoms with van der Waals surface area (Å²) in [4.78, 5) is 10.0. The first-order chi connectivity index (χ1) is 9.30. The number of ether oxygens (including phenoxy) is 1. The van der Waals surface area contributed by atoms with E-state index in [2.05, 4.69) is 29.0 Å². The van der Waals surface area contributed by atoms with Crippen molar-refractivity contribution in [3.8, 4) is 15.8 Å². The molecule has 3 heterocycles. The Labute approximate surface area is 119 Å². The number of nitrogens with zero attached hydrogens (tertiary/aromatic N) is 2. The average molecular weight is 290 g/mol. The maximum Gasteiger partial charge on any atom is 0.175 e. The fourth-order valence-electron chi connectivity index (χ4n) is 1.92. The fraction of sp³-hybridized carbons (Fsp3) is 0.286. The predicted octanol–water partition coefficient (Wildman–Crippen LogP) is 4.38. The second-order valence-corrected chi connectivity index (χ2v) is 6.40. The molecule has 3 rings (SSSR count). The second kappa shape index (κ2) is 5.27. The molecule has 0 aliphatic carbocycles. The molecule has 0 saturated carbocycles. The third-order valence-electron chi connectivity index (χ3n) is 2.85. The van der Waals surface area contributed by atoms with Crippen LogP contribution in [0, 0.1) is 0 Å². The second-order valence-electron chi connectivity index (χ2n) is 4.27. The van der Waals surface area contributed by atoms with Crippen LogP contribution in [0.4, 0.5) is 0 Å². The Morgan fingerprint density at radius 1 is 1.11 bits per heavy atom. The molecule has 0 bridgehead atoms. The average Bonchev–Trinajstić information content (AvgIpc) is 2.97. The zero-order valence-corrected chi connectivity index (χ0v) is 12.5. The molecule has 0 fully saturated rings. The lowest BCUT2D eigenvalue weighted by Crippen LogP contribution is -1.90. The minimum absolute atomic E-state index is 0.812. The van der Waals surface area contributed by atoms with E-state index in [0.29, 0.717) is 0 Å². The monoisotopic (exact) mass is 290 g/mol. The number of rotatable bonds is 4. The summed E-state index contributed by atoms with van der Waals surface area (Å²) >= 11 is 3.37. The molecule has 5 heteroatoms. The van der Waals surface area contributed by atoms with E-state index in [4.69, 9.17) is 4.74 Å². The maximum atomic E-state index is 5.24. The molecule has 0 amide bonds. The predicted molar refractivity (Wildman–Crippen MR) is 81.3 cm³/mol. The Morgan fingerprint density at radius 3 is 2.47 bits per heavy atom. The highest BCUT2D eigenvalue weighted by Crippen LogP contribution is 2.40. The van der Waals surface area contributed by atoms with Crippen molar-refractivity contribution < 1.29 is 4.74 Å². The van der Waals surface area contributed by atoms with Gasteiger partial charge >= 0.3 is 0 Å². The topological polar surface area (TPSA) is 35.0 Å². The Kier molecular flexibility index (Phi) is 3.48. The fourth-order valence-corrected chi connectivity index (χ4v) is 4.07. The molecule has 0 aliphatic rings. The molecule has 0 spiro atoms. The molecule has 19 heavy (non-hydrogen) atoms. The van der Waals surface area contributed by atoms with Gasteiger partial charge in [0.15, 0.2) is 10.9 Å². The van der Waals surface area contributed by atoms with Crippen molar-refractivity contribution in [2.45, 2.75) is 19.8 Å². The van der Waals surface area contributed by atoms with Gasteiger partial charge in [-0.05, 0) is 18.1 Å². The van der Waals surface area contributed by atoms with Gasteiger partial charge in [0.2, 0.25) is 0 Å². The van der Waals surface area contributed by atoms with Crippen LogP contribution in [0.2, 0.25) is 0 Å². The maximum absolute atomic E-state index is 5.24. The van der Waals surface area contributed by atoms with Crippen LogP contribution in [-0.4, -0.2) is 17.1 Å². The van der Waals surface area contributed by atoms with Crippen LogP contribution >= 0.6 is 22.7 Å². The summed E-state index contributed by atoms with van der Waals surface area (Å²) in [6, 6.07) is 4.21. The first-order valence-electron chi connectivity index (χ1n) is 6.19. The van der Waals surface area contributed by atoms with E-state index >= 15 is 0 Å². The van der Waals surface area contributed by atoms with E-state index in [-0.39, 0.29) is 0 Å². The summed E-state index contributed by atoms with van der Waals surface area (Å²) in [6.45, 7) is 2.16. The third-order valence-corrected chi connectivity index (χ3v) is 5.10. The number of hydrogen-bond acceptors (Lipinski definition) is 5. The van der Waals surface area contributed by atoms with E-state index in [9.17, 15) is 0 Å². The summed E-state index contributed by atoms with van der Waals surface area (Å²) in [5.41, 5.74) is 1.20. The van der Waals surface area contributed by atoms with Crippen molar-refractivity contribution in [3.05, 3.63) is 30.1 Å². The Balaban J connectivity index is 1.92. The summed E-state index contributed by atoms with van der Waals surface area (Å²) < 4.78 is 7.71. The highest BCUT2D eigenvalue weighted by atomic mass is 32.1. The zero-order chi connectivity index (χ0) is 13.2. The molecule has 0 unspecified atom stereocenters.